The van der Waals surface area contributed by atoms with Gasteiger partial charge in [0, 0.05) is 15.3 Å². The summed E-state index contributed by atoms with van der Waals surface area (Å²) < 4.78 is 1.29. The molecule has 1 N–H and O–H groups in total. The van der Waals surface area contributed by atoms with Crippen LogP contribution in [0.15, 0.2) is 24.3 Å². The highest BCUT2D eigenvalue weighted by molar-refractivity contribution is 14.1. The molecule has 1 nitrogen and oxygen atoms in total. The number of hydrogen-bond donors (Lipinski definition) is 1. The number of halogens is 1. The second-order valence-electron chi connectivity index (χ2n) is 4.41. The fourth-order valence-corrected chi connectivity index (χ4v) is 2.36. The van der Waals surface area contributed by atoms with Gasteiger partial charge in [-0.2, -0.15) is 0 Å². The largest absolute Gasteiger partial charge is 0.383 e. The third-order valence-electron chi connectivity index (χ3n) is 2.73. The van der Waals surface area contributed by atoms with Crippen LogP contribution in [-0.2, 0) is 0 Å². The number of hydrogen-bond acceptors (Lipinski definition) is 1. The molecule has 1 unspecified atom stereocenters. The smallest absolute Gasteiger partial charge is 0.0352 e. The predicted molar refractivity (Wildman–Crippen MR) is 81.0 cm³/mol. The van der Waals surface area contributed by atoms with Gasteiger partial charge in [-0.15, -0.1) is 0 Å². The molecule has 0 fully saturated rings. The van der Waals surface area contributed by atoms with Gasteiger partial charge in [0.1, 0.15) is 0 Å². The molecular formula is C14H22IN. The molecule has 2 heteroatoms. The molecule has 0 aromatic heterocycles. The van der Waals surface area contributed by atoms with Gasteiger partial charge in [-0.3, -0.25) is 0 Å². The van der Waals surface area contributed by atoms with Crippen molar-refractivity contribution in [2.45, 2.75) is 52.0 Å². The lowest BCUT2D eigenvalue weighted by atomic mass is 10.1. The summed E-state index contributed by atoms with van der Waals surface area (Å²) in [7, 11) is 0. The van der Waals surface area contributed by atoms with Crippen LogP contribution in [0.25, 0.3) is 0 Å². The predicted octanol–water partition coefficient (Wildman–Crippen LogP) is 5.06. The highest BCUT2D eigenvalue weighted by Crippen LogP contribution is 2.15. The molecule has 0 radical (unpaired) electrons. The summed E-state index contributed by atoms with van der Waals surface area (Å²) in [4.78, 5) is 0. The van der Waals surface area contributed by atoms with E-state index < -0.39 is 0 Å². The van der Waals surface area contributed by atoms with Crippen molar-refractivity contribution in [1.29, 1.82) is 0 Å². The molecule has 16 heavy (non-hydrogen) atoms. The number of unbranched alkanes of at least 4 members (excludes halogenated alkanes) is 3. The first-order chi connectivity index (χ1) is 7.72. The van der Waals surface area contributed by atoms with E-state index in [1.165, 1.54) is 41.4 Å². The molecule has 0 aliphatic heterocycles. The van der Waals surface area contributed by atoms with Crippen LogP contribution in [0.5, 0.6) is 0 Å². The van der Waals surface area contributed by atoms with E-state index in [1.807, 2.05) is 0 Å². The minimum atomic E-state index is 0.579. The zero-order valence-corrected chi connectivity index (χ0v) is 12.5. The van der Waals surface area contributed by atoms with Crippen molar-refractivity contribution in [2.24, 2.45) is 0 Å². The fourth-order valence-electron chi connectivity index (χ4n) is 1.81. The van der Waals surface area contributed by atoms with E-state index in [4.69, 9.17) is 0 Å². The van der Waals surface area contributed by atoms with Crippen molar-refractivity contribution < 1.29 is 0 Å². The minimum absolute atomic E-state index is 0.579. The molecule has 1 atom stereocenters. The van der Waals surface area contributed by atoms with Crippen molar-refractivity contribution in [1.82, 2.24) is 0 Å². The second-order valence-corrected chi connectivity index (χ2v) is 5.65. The van der Waals surface area contributed by atoms with Crippen LogP contribution in [0.4, 0.5) is 5.69 Å². The monoisotopic (exact) mass is 331 g/mol. The lowest BCUT2D eigenvalue weighted by molar-refractivity contribution is 0.594. The van der Waals surface area contributed by atoms with Gasteiger partial charge >= 0.3 is 0 Å². The van der Waals surface area contributed by atoms with E-state index in [0.29, 0.717) is 6.04 Å². The number of anilines is 1. The molecular weight excluding hydrogens is 309 g/mol. The SMILES string of the molecule is CCCCCCC(C)Nc1cccc(I)c1. The molecule has 1 aromatic carbocycles. The van der Waals surface area contributed by atoms with Crippen LogP contribution in [0.2, 0.25) is 0 Å². The van der Waals surface area contributed by atoms with E-state index in [0.717, 1.165) is 0 Å². The lowest BCUT2D eigenvalue weighted by Crippen LogP contribution is -2.14. The summed E-state index contributed by atoms with van der Waals surface area (Å²) >= 11 is 2.35. The van der Waals surface area contributed by atoms with Crippen molar-refractivity contribution in [3.8, 4) is 0 Å². The van der Waals surface area contributed by atoms with Gasteiger partial charge in [0.15, 0.2) is 0 Å². The van der Waals surface area contributed by atoms with Crippen molar-refractivity contribution in [2.75, 3.05) is 5.32 Å². The summed E-state index contributed by atoms with van der Waals surface area (Å²) in [5, 5.41) is 3.55. The van der Waals surface area contributed by atoms with Crippen LogP contribution < -0.4 is 5.32 Å². The first-order valence-electron chi connectivity index (χ1n) is 6.24. The van der Waals surface area contributed by atoms with Crippen LogP contribution >= 0.6 is 22.6 Å². The highest BCUT2D eigenvalue weighted by Gasteiger charge is 2.01. The van der Waals surface area contributed by atoms with E-state index in [2.05, 4.69) is 66.0 Å². The second kappa shape index (κ2) is 7.93. The molecule has 0 aliphatic carbocycles. The third kappa shape index (κ3) is 5.73. The molecule has 0 aliphatic rings. The van der Waals surface area contributed by atoms with Gasteiger partial charge in [0.2, 0.25) is 0 Å². The van der Waals surface area contributed by atoms with Gasteiger partial charge in [0.05, 0.1) is 0 Å². The van der Waals surface area contributed by atoms with Gasteiger partial charge in [-0.1, -0.05) is 38.7 Å². The van der Waals surface area contributed by atoms with E-state index in [9.17, 15) is 0 Å². The van der Waals surface area contributed by atoms with Crippen LogP contribution in [0.3, 0.4) is 0 Å². The van der Waals surface area contributed by atoms with Crippen LogP contribution in [0.1, 0.15) is 46.0 Å². The molecule has 90 valence electrons. The molecule has 0 saturated carbocycles. The van der Waals surface area contributed by atoms with Crippen LogP contribution in [-0.4, -0.2) is 6.04 Å². The Bertz CT molecular complexity index is 299. The number of nitrogens with one attached hydrogen (secondary N) is 1. The van der Waals surface area contributed by atoms with Crippen molar-refractivity contribution in [3.05, 3.63) is 27.8 Å². The summed E-state index contributed by atoms with van der Waals surface area (Å²) in [5.74, 6) is 0. The molecule has 0 bridgehead atoms. The van der Waals surface area contributed by atoms with E-state index in [-0.39, 0.29) is 0 Å². The fraction of sp³-hybridized carbons (Fsp3) is 0.571. The van der Waals surface area contributed by atoms with Gasteiger partial charge < -0.3 is 5.32 Å². The molecule has 0 amide bonds. The molecule has 0 spiro atoms. The number of rotatable bonds is 7. The van der Waals surface area contributed by atoms with Gasteiger partial charge in [0.25, 0.3) is 0 Å². The average molecular weight is 331 g/mol. The zero-order chi connectivity index (χ0) is 11.8. The maximum atomic E-state index is 3.55. The summed E-state index contributed by atoms with van der Waals surface area (Å²) in [5.41, 5.74) is 1.25. The molecule has 0 heterocycles. The summed E-state index contributed by atoms with van der Waals surface area (Å²) in [6.07, 6.45) is 6.67. The van der Waals surface area contributed by atoms with Crippen LogP contribution in [0, 0.1) is 3.57 Å². The Kier molecular flexibility index (Phi) is 6.85. The Balaban J connectivity index is 2.25. The first kappa shape index (κ1) is 13.8. The maximum Gasteiger partial charge on any atom is 0.0352 e. The third-order valence-corrected chi connectivity index (χ3v) is 3.40. The molecule has 1 aromatic rings. The minimum Gasteiger partial charge on any atom is -0.383 e. The number of benzene rings is 1. The Morgan fingerprint density at radius 1 is 1.25 bits per heavy atom. The Morgan fingerprint density at radius 2 is 2.06 bits per heavy atom. The van der Waals surface area contributed by atoms with Crippen molar-refractivity contribution in [3.63, 3.8) is 0 Å². The first-order valence-corrected chi connectivity index (χ1v) is 7.32. The Hall–Kier alpha value is -0.250. The van der Waals surface area contributed by atoms with E-state index in [1.54, 1.807) is 0 Å². The topological polar surface area (TPSA) is 12.0 Å². The quantitative estimate of drug-likeness (QED) is 0.544. The zero-order valence-electron chi connectivity index (χ0n) is 10.3. The van der Waals surface area contributed by atoms with Gasteiger partial charge in [-0.05, 0) is 54.1 Å². The average Bonchev–Trinajstić information content (AvgIpc) is 2.24. The highest BCUT2D eigenvalue weighted by atomic mass is 127. The standard InChI is InChI=1S/C14H22IN/c1-3-4-5-6-8-12(2)16-14-10-7-9-13(15)11-14/h7,9-12,16H,3-6,8H2,1-2H3. The van der Waals surface area contributed by atoms with E-state index >= 15 is 0 Å². The molecule has 1 rings (SSSR count). The lowest BCUT2D eigenvalue weighted by Gasteiger charge is -2.15. The van der Waals surface area contributed by atoms with Crippen molar-refractivity contribution >= 4 is 28.3 Å². The maximum absolute atomic E-state index is 3.55. The van der Waals surface area contributed by atoms with Gasteiger partial charge in [-0.25, -0.2) is 0 Å². The summed E-state index contributed by atoms with van der Waals surface area (Å²) in [6.45, 7) is 4.53. The molecule has 0 saturated heterocycles. The Labute approximate surface area is 113 Å². The summed E-state index contributed by atoms with van der Waals surface area (Å²) in [6, 6.07) is 9.15. The Morgan fingerprint density at radius 3 is 2.75 bits per heavy atom. The normalized spacial score (nSPS) is 12.4.